The Kier molecular flexibility index (Phi) is 6.75. The Hall–Kier alpha value is -3.02. The fourth-order valence-electron chi connectivity index (χ4n) is 3.76. The van der Waals surface area contributed by atoms with Crippen LogP contribution in [0.5, 0.6) is 17.2 Å². The number of likely N-dealkylation sites (tertiary alicyclic amines) is 1. The predicted octanol–water partition coefficient (Wildman–Crippen LogP) is 5.15. The first kappa shape index (κ1) is 21.2. The zero-order valence-corrected chi connectivity index (χ0v) is 18.1. The third kappa shape index (κ3) is 5.57. The van der Waals surface area contributed by atoms with E-state index in [-0.39, 0.29) is 11.9 Å². The minimum Gasteiger partial charge on any atom is -0.493 e. The normalized spacial score (nSPS) is 16.1. The number of rotatable bonds is 7. The molecule has 0 spiro atoms. The van der Waals surface area contributed by atoms with Gasteiger partial charge in [0.2, 0.25) is 0 Å². The van der Waals surface area contributed by atoms with Crippen molar-refractivity contribution in [2.75, 3.05) is 20.2 Å². The van der Waals surface area contributed by atoms with E-state index in [1.165, 1.54) is 0 Å². The quantitative estimate of drug-likeness (QED) is 0.556. The largest absolute Gasteiger partial charge is 0.493 e. The van der Waals surface area contributed by atoms with Gasteiger partial charge in [0.15, 0.2) is 11.5 Å². The average molecular weight is 437 g/mol. The van der Waals surface area contributed by atoms with E-state index in [9.17, 15) is 4.79 Å². The van der Waals surface area contributed by atoms with E-state index < -0.39 is 0 Å². The van der Waals surface area contributed by atoms with Gasteiger partial charge in [0.25, 0.3) is 5.91 Å². The van der Waals surface area contributed by atoms with E-state index in [1.807, 2.05) is 42.5 Å². The summed E-state index contributed by atoms with van der Waals surface area (Å²) in [6.45, 7) is 2.55. The van der Waals surface area contributed by atoms with Crippen molar-refractivity contribution in [3.8, 4) is 17.2 Å². The molecular formula is C25H25ClN2O3. The molecule has 1 N–H and O–H groups in total. The molecule has 1 atom stereocenters. The molecule has 4 rings (SSSR count). The van der Waals surface area contributed by atoms with Crippen molar-refractivity contribution < 1.29 is 14.3 Å². The highest BCUT2D eigenvalue weighted by molar-refractivity contribution is 6.30. The van der Waals surface area contributed by atoms with Crippen LogP contribution in [0.25, 0.3) is 0 Å². The van der Waals surface area contributed by atoms with Gasteiger partial charge in [-0.2, -0.15) is 0 Å². The highest BCUT2D eigenvalue weighted by atomic mass is 35.5. The number of para-hydroxylation sites is 2. The number of nitrogens with one attached hydrogen (secondary N) is 1. The van der Waals surface area contributed by atoms with Crippen molar-refractivity contribution in [3.63, 3.8) is 0 Å². The standard InChI is InChI=1S/C25H25ClN2O3/c1-30-23-7-2-3-8-24(23)31-22-6-4-5-18(15-22)16-28-14-13-21(17-28)27-25(29)19-9-11-20(26)12-10-19/h2-12,15,21H,13-14,16-17H2,1H3,(H,27,29)/t21-/m1/s1. The summed E-state index contributed by atoms with van der Waals surface area (Å²) < 4.78 is 11.4. The molecule has 3 aromatic carbocycles. The second kappa shape index (κ2) is 9.86. The number of amides is 1. The summed E-state index contributed by atoms with van der Waals surface area (Å²) in [6, 6.07) is 22.8. The molecule has 0 radical (unpaired) electrons. The molecule has 6 heteroatoms. The Morgan fingerprint density at radius 2 is 1.84 bits per heavy atom. The van der Waals surface area contributed by atoms with E-state index in [0.29, 0.717) is 22.1 Å². The summed E-state index contributed by atoms with van der Waals surface area (Å²) in [5, 5.41) is 3.75. The Labute approximate surface area is 187 Å². The van der Waals surface area contributed by atoms with Crippen molar-refractivity contribution >= 4 is 17.5 Å². The Morgan fingerprint density at radius 1 is 1.06 bits per heavy atom. The number of hydrogen-bond donors (Lipinski definition) is 1. The monoisotopic (exact) mass is 436 g/mol. The maximum atomic E-state index is 12.4. The minimum absolute atomic E-state index is 0.0595. The molecule has 1 amide bonds. The van der Waals surface area contributed by atoms with Crippen molar-refractivity contribution in [2.45, 2.75) is 19.0 Å². The molecule has 1 aliphatic rings. The van der Waals surface area contributed by atoms with Gasteiger partial charge in [0.1, 0.15) is 5.75 Å². The third-order valence-corrected chi connectivity index (χ3v) is 5.57. The minimum atomic E-state index is -0.0595. The van der Waals surface area contributed by atoms with Crippen molar-refractivity contribution in [2.24, 2.45) is 0 Å². The van der Waals surface area contributed by atoms with Crippen LogP contribution >= 0.6 is 11.6 Å². The number of ether oxygens (including phenoxy) is 2. The van der Waals surface area contributed by atoms with Crippen LogP contribution < -0.4 is 14.8 Å². The molecular weight excluding hydrogens is 412 g/mol. The van der Waals surface area contributed by atoms with Gasteiger partial charge in [-0.05, 0) is 60.5 Å². The van der Waals surface area contributed by atoms with Gasteiger partial charge in [-0.3, -0.25) is 9.69 Å². The topological polar surface area (TPSA) is 50.8 Å². The highest BCUT2D eigenvalue weighted by Crippen LogP contribution is 2.31. The molecule has 0 aromatic heterocycles. The number of halogens is 1. The summed E-state index contributed by atoms with van der Waals surface area (Å²) in [6.07, 6.45) is 0.927. The SMILES string of the molecule is COc1ccccc1Oc1cccc(CN2CC[C@@H](NC(=O)c3ccc(Cl)cc3)C2)c1. The molecule has 1 heterocycles. The molecule has 1 fully saturated rings. The van der Waals surface area contributed by atoms with Gasteiger partial charge in [-0.1, -0.05) is 35.9 Å². The number of methoxy groups -OCH3 is 1. The molecule has 160 valence electrons. The lowest BCUT2D eigenvalue weighted by Crippen LogP contribution is -2.36. The lowest BCUT2D eigenvalue weighted by Gasteiger charge is -2.17. The maximum absolute atomic E-state index is 12.4. The Balaban J connectivity index is 1.33. The van der Waals surface area contributed by atoms with Crippen molar-refractivity contribution in [1.82, 2.24) is 10.2 Å². The van der Waals surface area contributed by atoms with Crippen LogP contribution in [0.2, 0.25) is 5.02 Å². The fourth-order valence-corrected chi connectivity index (χ4v) is 3.89. The lowest BCUT2D eigenvalue weighted by atomic mass is 10.2. The van der Waals surface area contributed by atoms with E-state index in [4.69, 9.17) is 21.1 Å². The summed E-state index contributed by atoms with van der Waals surface area (Å²) >= 11 is 5.90. The smallest absolute Gasteiger partial charge is 0.251 e. The van der Waals surface area contributed by atoms with Gasteiger partial charge in [0.05, 0.1) is 7.11 Å². The van der Waals surface area contributed by atoms with Crippen LogP contribution in [0.3, 0.4) is 0 Å². The summed E-state index contributed by atoms with van der Waals surface area (Å²) in [4.78, 5) is 14.8. The predicted molar refractivity (Wildman–Crippen MR) is 122 cm³/mol. The number of carbonyl (C=O) groups excluding carboxylic acids is 1. The van der Waals surface area contributed by atoms with Gasteiger partial charge in [-0.25, -0.2) is 0 Å². The second-order valence-corrected chi connectivity index (χ2v) is 8.04. The van der Waals surface area contributed by atoms with Gasteiger partial charge in [-0.15, -0.1) is 0 Å². The lowest BCUT2D eigenvalue weighted by molar-refractivity contribution is 0.0937. The molecule has 31 heavy (non-hydrogen) atoms. The molecule has 0 saturated carbocycles. The van der Waals surface area contributed by atoms with Gasteiger partial charge < -0.3 is 14.8 Å². The number of nitrogens with zero attached hydrogens (tertiary/aromatic N) is 1. The van der Waals surface area contributed by atoms with Crippen LogP contribution in [-0.2, 0) is 6.54 Å². The number of benzene rings is 3. The molecule has 3 aromatic rings. The summed E-state index contributed by atoms with van der Waals surface area (Å²) in [5.74, 6) is 2.10. The fraction of sp³-hybridized carbons (Fsp3) is 0.240. The summed E-state index contributed by atoms with van der Waals surface area (Å²) in [5.41, 5.74) is 1.79. The van der Waals surface area contributed by atoms with E-state index in [2.05, 4.69) is 16.3 Å². The van der Waals surface area contributed by atoms with Crippen molar-refractivity contribution in [1.29, 1.82) is 0 Å². The van der Waals surface area contributed by atoms with Crippen molar-refractivity contribution in [3.05, 3.63) is 88.9 Å². The highest BCUT2D eigenvalue weighted by Gasteiger charge is 2.24. The van der Waals surface area contributed by atoms with E-state index >= 15 is 0 Å². The van der Waals surface area contributed by atoms with Gasteiger partial charge in [0, 0.05) is 36.3 Å². The number of hydrogen-bond acceptors (Lipinski definition) is 4. The Bertz CT molecular complexity index is 1040. The molecule has 0 bridgehead atoms. The molecule has 1 aliphatic heterocycles. The molecule has 0 aliphatic carbocycles. The van der Waals surface area contributed by atoms with Crippen LogP contribution in [0, 0.1) is 0 Å². The Morgan fingerprint density at radius 3 is 2.61 bits per heavy atom. The zero-order chi connectivity index (χ0) is 21.6. The van der Waals surface area contributed by atoms with Crippen LogP contribution in [0.1, 0.15) is 22.3 Å². The first-order valence-corrected chi connectivity index (χ1v) is 10.7. The third-order valence-electron chi connectivity index (χ3n) is 5.32. The zero-order valence-electron chi connectivity index (χ0n) is 17.4. The molecule has 0 unspecified atom stereocenters. The molecule has 1 saturated heterocycles. The first-order valence-electron chi connectivity index (χ1n) is 10.3. The second-order valence-electron chi connectivity index (χ2n) is 7.60. The number of carbonyl (C=O) groups is 1. The average Bonchev–Trinajstić information content (AvgIpc) is 3.21. The summed E-state index contributed by atoms with van der Waals surface area (Å²) in [7, 11) is 1.63. The van der Waals surface area contributed by atoms with Crippen LogP contribution in [-0.4, -0.2) is 37.0 Å². The maximum Gasteiger partial charge on any atom is 0.251 e. The molecule has 5 nitrogen and oxygen atoms in total. The first-order chi connectivity index (χ1) is 15.1. The van der Waals surface area contributed by atoms with E-state index in [0.717, 1.165) is 37.4 Å². The van der Waals surface area contributed by atoms with E-state index in [1.54, 1.807) is 31.4 Å². The van der Waals surface area contributed by atoms with Gasteiger partial charge >= 0.3 is 0 Å². The van der Waals surface area contributed by atoms with Crippen LogP contribution in [0.4, 0.5) is 0 Å². The van der Waals surface area contributed by atoms with Crippen LogP contribution in [0.15, 0.2) is 72.8 Å².